The maximum Gasteiger partial charge on any atom is 0.0991 e. The molecule has 0 bridgehead atoms. The van der Waals surface area contributed by atoms with Crippen molar-refractivity contribution in [2.45, 2.75) is 32.4 Å². The topological polar surface area (TPSA) is 39.5 Å². The summed E-state index contributed by atoms with van der Waals surface area (Å²) in [5.41, 5.74) is 4.93. The molecule has 2 aromatic rings. The molecule has 2 heterocycles. The monoisotopic (exact) mass is 389 g/mol. The number of benzene rings is 2. The molecule has 0 radical (unpaired) electrons. The van der Waals surface area contributed by atoms with Gasteiger partial charge in [0.05, 0.1) is 24.8 Å². The van der Waals surface area contributed by atoms with E-state index in [1.165, 1.54) is 49.0 Å². The molecule has 4 nitrogen and oxygen atoms in total. The van der Waals surface area contributed by atoms with Crippen LogP contribution in [-0.2, 0) is 24.2 Å². The number of morpholine rings is 1. The molecule has 0 unspecified atom stereocenters. The molecule has 0 aliphatic carbocycles. The third-order valence-electron chi connectivity index (χ3n) is 6.25. The quantitative estimate of drug-likeness (QED) is 0.752. The first-order chi connectivity index (χ1) is 14.3. The number of nitrogens with zero attached hydrogens (tertiary/aromatic N) is 3. The van der Waals surface area contributed by atoms with Crippen molar-refractivity contribution in [3.8, 4) is 6.07 Å². The number of rotatable bonds is 6. The molecule has 2 aromatic carbocycles. The Kier molecular flexibility index (Phi) is 6.95. The summed E-state index contributed by atoms with van der Waals surface area (Å²) in [6.07, 6.45) is 3.74. The molecule has 0 aromatic heterocycles. The molecule has 29 heavy (non-hydrogen) atoms. The zero-order valence-electron chi connectivity index (χ0n) is 17.2. The number of ether oxygens (including phenoxy) is 1. The van der Waals surface area contributed by atoms with Gasteiger partial charge in [-0.25, -0.2) is 0 Å². The first-order valence-corrected chi connectivity index (χ1v) is 10.9. The van der Waals surface area contributed by atoms with E-state index in [1.54, 1.807) is 0 Å². The van der Waals surface area contributed by atoms with Crippen LogP contribution in [0.4, 0.5) is 0 Å². The molecule has 2 aliphatic heterocycles. The minimum atomic E-state index is 0.739. The van der Waals surface area contributed by atoms with Gasteiger partial charge in [0.2, 0.25) is 0 Å². The van der Waals surface area contributed by atoms with E-state index in [0.717, 1.165) is 50.9 Å². The van der Waals surface area contributed by atoms with E-state index in [0.29, 0.717) is 0 Å². The van der Waals surface area contributed by atoms with E-state index in [4.69, 9.17) is 10.00 Å². The second-order valence-corrected chi connectivity index (χ2v) is 8.44. The Morgan fingerprint density at radius 2 is 1.28 bits per heavy atom. The Balaban J connectivity index is 1.21. The molecule has 2 fully saturated rings. The molecule has 2 aliphatic rings. The van der Waals surface area contributed by atoms with Gasteiger partial charge in [0.1, 0.15) is 0 Å². The van der Waals surface area contributed by atoms with E-state index >= 15 is 0 Å². The number of hydrogen-bond donors (Lipinski definition) is 0. The van der Waals surface area contributed by atoms with Crippen molar-refractivity contribution >= 4 is 0 Å². The molecule has 152 valence electrons. The van der Waals surface area contributed by atoms with Crippen LogP contribution in [-0.4, -0.2) is 49.2 Å². The predicted molar refractivity (Wildman–Crippen MR) is 115 cm³/mol. The van der Waals surface area contributed by atoms with Crippen LogP contribution in [0.2, 0.25) is 0 Å². The van der Waals surface area contributed by atoms with Crippen LogP contribution < -0.4 is 0 Å². The fourth-order valence-corrected chi connectivity index (χ4v) is 4.42. The van der Waals surface area contributed by atoms with E-state index < -0.39 is 0 Å². The Hall–Kier alpha value is -2.19. The zero-order chi connectivity index (χ0) is 19.9. The van der Waals surface area contributed by atoms with Gasteiger partial charge in [-0.3, -0.25) is 9.80 Å². The molecular weight excluding hydrogens is 358 g/mol. The molecule has 2 saturated heterocycles. The van der Waals surface area contributed by atoms with Crippen molar-refractivity contribution in [1.29, 1.82) is 5.26 Å². The minimum absolute atomic E-state index is 0.739. The summed E-state index contributed by atoms with van der Waals surface area (Å²) in [6, 6.07) is 19.5. The van der Waals surface area contributed by atoms with Gasteiger partial charge in [-0.05, 0) is 67.1 Å². The predicted octanol–water partition coefficient (Wildman–Crippen LogP) is 3.85. The van der Waals surface area contributed by atoms with Gasteiger partial charge in [-0.15, -0.1) is 0 Å². The smallest absolute Gasteiger partial charge is 0.0991 e. The number of hydrogen-bond acceptors (Lipinski definition) is 4. The van der Waals surface area contributed by atoms with E-state index in [1.807, 2.05) is 12.1 Å². The summed E-state index contributed by atoms with van der Waals surface area (Å²) < 4.78 is 5.43. The Morgan fingerprint density at radius 1 is 0.759 bits per heavy atom. The largest absolute Gasteiger partial charge is 0.379 e. The van der Waals surface area contributed by atoms with E-state index in [9.17, 15) is 0 Å². The third-order valence-corrected chi connectivity index (χ3v) is 6.25. The summed E-state index contributed by atoms with van der Waals surface area (Å²) in [5.74, 6) is 0.789. The van der Waals surface area contributed by atoms with E-state index in [-0.39, 0.29) is 0 Å². The molecular formula is C25H31N3O. The molecule has 0 amide bonds. The highest BCUT2D eigenvalue weighted by atomic mass is 16.5. The Morgan fingerprint density at radius 3 is 1.86 bits per heavy atom. The summed E-state index contributed by atoms with van der Waals surface area (Å²) in [5, 5.41) is 8.92. The lowest BCUT2D eigenvalue weighted by atomic mass is 9.89. The van der Waals surface area contributed by atoms with Crippen molar-refractivity contribution in [3.05, 3.63) is 70.8 Å². The highest BCUT2D eigenvalue weighted by Crippen LogP contribution is 2.23. The van der Waals surface area contributed by atoms with Gasteiger partial charge in [0.15, 0.2) is 0 Å². The van der Waals surface area contributed by atoms with Crippen LogP contribution in [0, 0.1) is 17.2 Å². The second kappa shape index (κ2) is 10.0. The number of nitriles is 1. The van der Waals surface area contributed by atoms with Crippen LogP contribution in [0.3, 0.4) is 0 Å². The minimum Gasteiger partial charge on any atom is -0.379 e. The van der Waals surface area contributed by atoms with Crippen molar-refractivity contribution < 1.29 is 4.74 Å². The average molecular weight is 390 g/mol. The normalized spacial score (nSPS) is 19.1. The highest BCUT2D eigenvalue weighted by Gasteiger charge is 2.19. The van der Waals surface area contributed by atoms with Crippen LogP contribution in [0.1, 0.15) is 35.1 Å². The fraction of sp³-hybridized carbons (Fsp3) is 0.480. The van der Waals surface area contributed by atoms with Crippen LogP contribution in [0.5, 0.6) is 0 Å². The van der Waals surface area contributed by atoms with Gasteiger partial charge in [-0.2, -0.15) is 5.26 Å². The van der Waals surface area contributed by atoms with Crippen LogP contribution in [0.15, 0.2) is 48.5 Å². The first kappa shape index (κ1) is 20.1. The maximum atomic E-state index is 8.92. The Bertz CT molecular complexity index is 795. The van der Waals surface area contributed by atoms with Crippen molar-refractivity contribution in [2.24, 2.45) is 5.92 Å². The molecule has 4 heteroatoms. The molecule has 0 saturated carbocycles. The van der Waals surface area contributed by atoms with Crippen molar-refractivity contribution in [1.82, 2.24) is 9.80 Å². The van der Waals surface area contributed by atoms with Gasteiger partial charge in [-0.1, -0.05) is 36.4 Å². The summed E-state index contributed by atoms with van der Waals surface area (Å²) in [6.45, 7) is 8.18. The molecule has 0 atom stereocenters. The van der Waals surface area contributed by atoms with Gasteiger partial charge in [0.25, 0.3) is 0 Å². The van der Waals surface area contributed by atoms with Gasteiger partial charge < -0.3 is 4.74 Å². The number of likely N-dealkylation sites (tertiary alicyclic amines) is 1. The summed E-state index contributed by atoms with van der Waals surface area (Å²) in [7, 11) is 0. The second-order valence-electron chi connectivity index (χ2n) is 8.44. The summed E-state index contributed by atoms with van der Waals surface area (Å²) >= 11 is 0. The molecule has 4 rings (SSSR count). The van der Waals surface area contributed by atoms with Crippen molar-refractivity contribution in [2.75, 3.05) is 39.4 Å². The van der Waals surface area contributed by atoms with Crippen LogP contribution >= 0.6 is 0 Å². The fourth-order valence-electron chi connectivity index (χ4n) is 4.42. The lowest BCUT2D eigenvalue weighted by molar-refractivity contribution is 0.0342. The first-order valence-electron chi connectivity index (χ1n) is 10.9. The third kappa shape index (κ3) is 5.90. The number of piperidine rings is 1. The van der Waals surface area contributed by atoms with Gasteiger partial charge in [0, 0.05) is 26.2 Å². The average Bonchev–Trinajstić information content (AvgIpc) is 2.78. The molecule has 0 spiro atoms. The highest BCUT2D eigenvalue weighted by molar-refractivity contribution is 5.31. The van der Waals surface area contributed by atoms with Gasteiger partial charge >= 0.3 is 0 Å². The van der Waals surface area contributed by atoms with E-state index in [2.05, 4.69) is 52.3 Å². The SMILES string of the molecule is N#Cc1ccc(CN2CCC(Cc3ccc(CN4CCOCC4)cc3)CC2)cc1. The standard InChI is InChI=1S/C25H31N3O/c26-18-23-3-7-25(8-4-23)19-27-11-9-22(10-12-27)17-21-1-5-24(6-2-21)20-28-13-15-29-16-14-28/h1-8,22H,9-17,19-20H2. The molecule has 0 N–H and O–H groups in total. The Labute approximate surface area is 174 Å². The van der Waals surface area contributed by atoms with Crippen molar-refractivity contribution in [3.63, 3.8) is 0 Å². The lowest BCUT2D eigenvalue weighted by Crippen LogP contribution is -2.35. The zero-order valence-corrected chi connectivity index (χ0v) is 17.2. The van der Waals surface area contributed by atoms with Crippen LogP contribution in [0.25, 0.3) is 0 Å². The lowest BCUT2D eigenvalue weighted by Gasteiger charge is -2.32. The summed E-state index contributed by atoms with van der Waals surface area (Å²) in [4.78, 5) is 5.02. The maximum absolute atomic E-state index is 8.92.